The average molecular weight is 186 g/mol. The number of rotatable bonds is 2. The van der Waals surface area contributed by atoms with E-state index in [4.69, 9.17) is 11.0 Å². The van der Waals surface area contributed by atoms with Gasteiger partial charge in [-0.2, -0.15) is 5.26 Å². The lowest BCUT2D eigenvalue weighted by molar-refractivity contribution is 1.22. The first kappa shape index (κ1) is 9.81. The van der Waals surface area contributed by atoms with Gasteiger partial charge in [0.25, 0.3) is 0 Å². The van der Waals surface area contributed by atoms with E-state index in [9.17, 15) is 0 Å². The van der Waals surface area contributed by atoms with Gasteiger partial charge in [0, 0.05) is 0 Å². The van der Waals surface area contributed by atoms with Crippen LogP contribution in [-0.2, 0) is 0 Å². The van der Waals surface area contributed by atoms with Crippen LogP contribution in [0.5, 0.6) is 0 Å². The molecule has 1 aromatic carbocycles. The second-order valence-corrected chi connectivity index (χ2v) is 2.53. The van der Waals surface area contributed by atoms with Gasteiger partial charge in [-0.15, -0.1) is 0 Å². The molecule has 0 bridgehead atoms. The Morgan fingerprint density at radius 1 is 1.64 bits per heavy atom. The summed E-state index contributed by atoms with van der Waals surface area (Å²) in [7, 11) is 0. The zero-order chi connectivity index (χ0) is 10.4. The fourth-order valence-electron chi connectivity index (χ4n) is 0.946. The van der Waals surface area contributed by atoms with E-state index in [2.05, 4.69) is 16.9 Å². The van der Waals surface area contributed by atoms with Crippen LogP contribution < -0.4 is 11.1 Å². The molecule has 0 aliphatic carbocycles. The largest absolute Gasteiger partial charge is 0.369 e. The van der Waals surface area contributed by atoms with Crippen LogP contribution in [0.4, 0.5) is 5.69 Å². The second kappa shape index (κ2) is 4.67. The molecule has 1 aromatic rings. The van der Waals surface area contributed by atoms with Crippen molar-refractivity contribution >= 4 is 17.7 Å². The van der Waals surface area contributed by atoms with Gasteiger partial charge in [-0.25, -0.2) is 4.99 Å². The first-order valence-electron chi connectivity index (χ1n) is 3.98. The molecule has 0 aliphatic rings. The van der Waals surface area contributed by atoms with E-state index < -0.39 is 0 Å². The molecule has 0 aliphatic heterocycles. The molecule has 14 heavy (non-hydrogen) atoms. The molecule has 1 rings (SSSR count). The fraction of sp³-hybridized carbons (Fsp3) is 0. The van der Waals surface area contributed by atoms with E-state index in [1.807, 2.05) is 18.2 Å². The molecule has 0 heterocycles. The number of hydrogen-bond acceptors (Lipinski definition) is 2. The number of nitrogens with zero attached hydrogens (tertiary/aromatic N) is 2. The maximum absolute atomic E-state index is 8.28. The third-order valence-corrected chi connectivity index (χ3v) is 1.54. The third kappa shape index (κ3) is 2.64. The highest BCUT2D eigenvalue weighted by atomic mass is 15.1. The van der Waals surface area contributed by atoms with Crippen molar-refractivity contribution in [3.63, 3.8) is 0 Å². The van der Waals surface area contributed by atoms with Crippen molar-refractivity contribution in [1.29, 1.82) is 5.26 Å². The number of aliphatic imine (C=N–C) groups is 1. The van der Waals surface area contributed by atoms with Gasteiger partial charge in [0.1, 0.15) is 0 Å². The lowest BCUT2D eigenvalue weighted by Gasteiger charge is -1.98. The summed E-state index contributed by atoms with van der Waals surface area (Å²) in [5, 5.41) is 10.5. The van der Waals surface area contributed by atoms with Crippen LogP contribution in [0.25, 0.3) is 6.08 Å². The van der Waals surface area contributed by atoms with Crippen LogP contribution in [0.2, 0.25) is 0 Å². The van der Waals surface area contributed by atoms with Gasteiger partial charge in [0.05, 0.1) is 5.69 Å². The highest BCUT2D eigenvalue weighted by molar-refractivity contribution is 5.82. The number of nitrogens with two attached hydrogens (primary N) is 1. The summed E-state index contributed by atoms with van der Waals surface area (Å²) in [5.74, 6) is 0.0775. The number of hydrogen-bond donors (Lipinski definition) is 2. The van der Waals surface area contributed by atoms with Crippen molar-refractivity contribution in [2.75, 3.05) is 0 Å². The fourth-order valence-corrected chi connectivity index (χ4v) is 0.946. The van der Waals surface area contributed by atoms with Gasteiger partial charge in [0.2, 0.25) is 5.96 Å². The standard InChI is InChI=1S/C10H10N4/c1-2-8-4-3-5-9(6-8)14-10(12)13-7-11/h2-6H,1H2,(H3,12,13,14). The highest BCUT2D eigenvalue weighted by Crippen LogP contribution is 2.14. The minimum Gasteiger partial charge on any atom is -0.369 e. The first-order valence-corrected chi connectivity index (χ1v) is 3.98. The summed E-state index contributed by atoms with van der Waals surface area (Å²) in [6.07, 6.45) is 3.41. The molecular weight excluding hydrogens is 176 g/mol. The van der Waals surface area contributed by atoms with Gasteiger partial charge in [-0.1, -0.05) is 24.8 Å². The quantitative estimate of drug-likeness (QED) is 0.317. The SMILES string of the molecule is C=Cc1cccc(N=C(N)NC#N)c1. The smallest absolute Gasteiger partial charge is 0.207 e. The Labute approximate surface area is 82.4 Å². The van der Waals surface area contributed by atoms with E-state index in [0.717, 1.165) is 5.56 Å². The Hall–Kier alpha value is -2.28. The van der Waals surface area contributed by atoms with Gasteiger partial charge in [-0.3, -0.25) is 5.32 Å². The predicted molar refractivity (Wildman–Crippen MR) is 56.6 cm³/mol. The molecule has 4 heteroatoms. The minimum absolute atomic E-state index is 0.0775. The van der Waals surface area contributed by atoms with Crippen molar-refractivity contribution < 1.29 is 0 Å². The van der Waals surface area contributed by atoms with Crippen LogP contribution in [-0.4, -0.2) is 5.96 Å². The summed E-state index contributed by atoms with van der Waals surface area (Å²) in [6.45, 7) is 3.64. The van der Waals surface area contributed by atoms with Crippen LogP contribution in [0.1, 0.15) is 5.56 Å². The minimum atomic E-state index is 0.0775. The van der Waals surface area contributed by atoms with Gasteiger partial charge >= 0.3 is 0 Å². The van der Waals surface area contributed by atoms with Crippen molar-refractivity contribution in [1.82, 2.24) is 5.32 Å². The highest BCUT2D eigenvalue weighted by Gasteiger charge is 1.92. The average Bonchev–Trinajstić information content (AvgIpc) is 2.18. The van der Waals surface area contributed by atoms with Crippen molar-refractivity contribution in [3.05, 3.63) is 36.4 Å². The monoisotopic (exact) mass is 186 g/mol. The summed E-state index contributed by atoms with van der Waals surface area (Å²) >= 11 is 0. The molecular formula is C10H10N4. The van der Waals surface area contributed by atoms with Crippen LogP contribution in [0.15, 0.2) is 35.8 Å². The number of nitrogens with one attached hydrogen (secondary N) is 1. The van der Waals surface area contributed by atoms with Crippen LogP contribution in [0, 0.1) is 11.5 Å². The Morgan fingerprint density at radius 3 is 3.07 bits per heavy atom. The molecule has 0 fully saturated rings. The van der Waals surface area contributed by atoms with Crippen molar-refractivity contribution in [2.45, 2.75) is 0 Å². The molecule has 0 aromatic heterocycles. The Kier molecular flexibility index (Phi) is 3.27. The Bertz CT molecular complexity index is 401. The van der Waals surface area contributed by atoms with E-state index in [0.29, 0.717) is 5.69 Å². The van der Waals surface area contributed by atoms with E-state index in [1.165, 1.54) is 0 Å². The summed E-state index contributed by atoms with van der Waals surface area (Å²) < 4.78 is 0. The third-order valence-electron chi connectivity index (χ3n) is 1.54. The predicted octanol–water partition coefficient (Wildman–Crippen LogP) is 1.35. The lowest BCUT2D eigenvalue weighted by Crippen LogP contribution is -2.26. The molecule has 0 amide bonds. The van der Waals surface area contributed by atoms with E-state index in [1.54, 1.807) is 18.3 Å². The summed E-state index contributed by atoms with van der Waals surface area (Å²) in [6, 6.07) is 7.35. The maximum atomic E-state index is 8.28. The number of nitriles is 1. The number of benzene rings is 1. The van der Waals surface area contributed by atoms with Gasteiger partial charge < -0.3 is 5.73 Å². The molecule has 70 valence electrons. The molecule has 0 saturated heterocycles. The van der Waals surface area contributed by atoms with Gasteiger partial charge in [-0.05, 0) is 17.7 Å². The van der Waals surface area contributed by atoms with Crippen LogP contribution in [0.3, 0.4) is 0 Å². The van der Waals surface area contributed by atoms with Crippen molar-refractivity contribution in [3.8, 4) is 6.19 Å². The Morgan fingerprint density at radius 2 is 2.43 bits per heavy atom. The molecule has 0 unspecified atom stereocenters. The maximum Gasteiger partial charge on any atom is 0.207 e. The molecule has 3 N–H and O–H groups in total. The zero-order valence-corrected chi connectivity index (χ0v) is 7.57. The molecule has 0 atom stereocenters. The lowest BCUT2D eigenvalue weighted by atomic mass is 10.2. The number of guanidine groups is 1. The van der Waals surface area contributed by atoms with Crippen LogP contribution >= 0.6 is 0 Å². The normalized spacial score (nSPS) is 10.4. The molecule has 4 nitrogen and oxygen atoms in total. The molecule has 0 saturated carbocycles. The van der Waals surface area contributed by atoms with Gasteiger partial charge in [0.15, 0.2) is 6.19 Å². The van der Waals surface area contributed by atoms with E-state index >= 15 is 0 Å². The van der Waals surface area contributed by atoms with Crippen molar-refractivity contribution in [2.24, 2.45) is 10.7 Å². The summed E-state index contributed by atoms with van der Waals surface area (Å²) in [4.78, 5) is 3.97. The molecule has 0 spiro atoms. The first-order chi connectivity index (χ1) is 6.76. The topological polar surface area (TPSA) is 74.2 Å². The molecule has 0 radical (unpaired) electrons. The zero-order valence-electron chi connectivity index (χ0n) is 7.57. The second-order valence-electron chi connectivity index (χ2n) is 2.53. The Balaban J connectivity index is 2.92. The summed E-state index contributed by atoms with van der Waals surface area (Å²) in [5.41, 5.74) is 7.04. The van der Waals surface area contributed by atoms with E-state index in [-0.39, 0.29) is 5.96 Å².